The Morgan fingerprint density at radius 2 is 2.08 bits per heavy atom. The van der Waals surface area contributed by atoms with Crippen LogP contribution in [0.4, 0.5) is 10.5 Å². The number of hydrogen-bond acceptors (Lipinski definition) is 3. The van der Waals surface area contributed by atoms with E-state index in [2.05, 4.69) is 22.1 Å². The second-order valence-electron chi connectivity index (χ2n) is 7.40. The number of fused-ring (bicyclic) bond motifs is 1. The normalized spacial score (nSPS) is 22.0. The highest BCUT2D eigenvalue weighted by Gasteiger charge is 2.37. The van der Waals surface area contributed by atoms with Crippen molar-refractivity contribution in [3.8, 4) is 0 Å². The van der Waals surface area contributed by atoms with Crippen LogP contribution >= 0.6 is 0 Å². The Morgan fingerprint density at radius 3 is 2.88 bits per heavy atom. The summed E-state index contributed by atoms with van der Waals surface area (Å²) in [6.45, 7) is 7.19. The van der Waals surface area contributed by atoms with Gasteiger partial charge in [0.05, 0.1) is 11.2 Å². The number of benzene rings is 1. The molecule has 4 rings (SSSR count). The van der Waals surface area contributed by atoms with Crippen LogP contribution in [0.15, 0.2) is 30.5 Å². The smallest absolute Gasteiger partial charge is 0.321 e. The van der Waals surface area contributed by atoms with Crippen molar-refractivity contribution in [2.45, 2.75) is 45.2 Å². The molecule has 1 aromatic heterocycles. The minimum Gasteiger partial charge on any atom is -0.321 e. The predicted molar refractivity (Wildman–Crippen MR) is 101 cm³/mol. The van der Waals surface area contributed by atoms with Crippen LogP contribution < -0.4 is 5.32 Å². The van der Waals surface area contributed by atoms with Crippen molar-refractivity contribution in [3.05, 3.63) is 36.0 Å². The predicted octanol–water partition coefficient (Wildman–Crippen LogP) is 3.63. The molecule has 2 saturated heterocycles. The number of nitrogens with zero attached hydrogens (tertiary/aromatic N) is 3. The maximum atomic E-state index is 12.6. The third-order valence-corrected chi connectivity index (χ3v) is 5.69. The molecule has 3 heterocycles. The minimum absolute atomic E-state index is 0.00470. The number of likely N-dealkylation sites (tertiary alicyclic amines) is 2. The first-order valence-corrected chi connectivity index (χ1v) is 9.29. The van der Waals surface area contributed by atoms with Crippen LogP contribution in [0, 0.1) is 6.92 Å². The number of hydrogen-bond donors (Lipinski definition) is 1. The lowest BCUT2D eigenvalue weighted by Crippen LogP contribution is -2.64. The van der Waals surface area contributed by atoms with E-state index < -0.39 is 0 Å². The fraction of sp³-hybridized carbons (Fsp3) is 0.500. The number of piperidine rings is 1. The summed E-state index contributed by atoms with van der Waals surface area (Å²) in [4.78, 5) is 21.5. The fourth-order valence-electron chi connectivity index (χ4n) is 4.11. The van der Waals surface area contributed by atoms with Crippen LogP contribution in [0.1, 0.15) is 31.7 Å². The van der Waals surface area contributed by atoms with Crippen molar-refractivity contribution in [2.24, 2.45) is 0 Å². The van der Waals surface area contributed by atoms with Gasteiger partial charge in [-0.3, -0.25) is 9.88 Å². The Bertz CT molecular complexity index is 784. The standard InChI is InChI=1S/C20H26N4O/c1-14-8-9-18(17-7-5-10-21-19(14)17)22-20(25)23-12-16(13-23)24-11-4-3-6-15(24)2/h5,7-10,15-16H,3-4,6,11-13H2,1-2H3,(H,22,25)/t15-/m0/s1. The van der Waals surface area contributed by atoms with Crippen LogP contribution in [-0.2, 0) is 0 Å². The summed E-state index contributed by atoms with van der Waals surface area (Å²) in [6, 6.07) is 9.08. The average molecular weight is 338 g/mol. The topological polar surface area (TPSA) is 48.5 Å². The van der Waals surface area contributed by atoms with Gasteiger partial charge in [-0.15, -0.1) is 0 Å². The highest BCUT2D eigenvalue weighted by atomic mass is 16.2. The van der Waals surface area contributed by atoms with Gasteiger partial charge < -0.3 is 10.2 Å². The van der Waals surface area contributed by atoms with E-state index in [0.717, 1.165) is 35.2 Å². The maximum Gasteiger partial charge on any atom is 0.321 e. The molecule has 0 bridgehead atoms. The van der Waals surface area contributed by atoms with E-state index in [0.29, 0.717) is 12.1 Å². The first kappa shape index (κ1) is 16.3. The summed E-state index contributed by atoms with van der Waals surface area (Å²) in [5.74, 6) is 0. The van der Waals surface area contributed by atoms with Crippen molar-refractivity contribution in [2.75, 3.05) is 25.0 Å². The minimum atomic E-state index is -0.00470. The van der Waals surface area contributed by atoms with Crippen LogP contribution in [0.2, 0.25) is 0 Å². The molecule has 25 heavy (non-hydrogen) atoms. The van der Waals surface area contributed by atoms with Crippen molar-refractivity contribution < 1.29 is 4.79 Å². The number of amides is 2. The molecule has 2 fully saturated rings. The zero-order chi connectivity index (χ0) is 17.4. The first-order valence-electron chi connectivity index (χ1n) is 9.29. The van der Waals surface area contributed by atoms with Gasteiger partial charge in [0, 0.05) is 36.8 Å². The van der Waals surface area contributed by atoms with Crippen LogP contribution in [-0.4, -0.2) is 52.5 Å². The Labute approximate surface area is 149 Å². The molecule has 2 amide bonds. The number of urea groups is 1. The molecule has 132 valence electrons. The zero-order valence-electron chi connectivity index (χ0n) is 15.0. The van der Waals surface area contributed by atoms with Crippen LogP contribution in [0.25, 0.3) is 10.9 Å². The maximum absolute atomic E-state index is 12.6. The van der Waals surface area contributed by atoms with Crippen LogP contribution in [0.3, 0.4) is 0 Å². The number of carbonyl (C=O) groups is 1. The van der Waals surface area contributed by atoms with Crippen molar-refractivity contribution in [1.29, 1.82) is 0 Å². The highest BCUT2D eigenvalue weighted by molar-refractivity contribution is 6.01. The molecule has 5 nitrogen and oxygen atoms in total. The SMILES string of the molecule is Cc1ccc(NC(=O)N2CC(N3CCCC[C@@H]3C)C2)c2cccnc12. The summed E-state index contributed by atoms with van der Waals surface area (Å²) >= 11 is 0. The van der Waals surface area contributed by atoms with E-state index in [4.69, 9.17) is 0 Å². The molecular formula is C20H26N4O. The number of aryl methyl sites for hydroxylation is 1. The highest BCUT2D eigenvalue weighted by Crippen LogP contribution is 2.27. The summed E-state index contributed by atoms with van der Waals surface area (Å²) in [5.41, 5.74) is 2.91. The lowest BCUT2D eigenvalue weighted by Gasteiger charge is -2.49. The quantitative estimate of drug-likeness (QED) is 0.909. The Kier molecular flexibility index (Phi) is 4.34. The van der Waals surface area contributed by atoms with E-state index >= 15 is 0 Å². The van der Waals surface area contributed by atoms with Gasteiger partial charge in [0.25, 0.3) is 0 Å². The summed E-state index contributed by atoms with van der Waals surface area (Å²) < 4.78 is 0. The van der Waals surface area contributed by atoms with Gasteiger partial charge >= 0.3 is 6.03 Å². The van der Waals surface area contributed by atoms with E-state index in [9.17, 15) is 4.79 Å². The molecule has 1 N–H and O–H groups in total. The van der Waals surface area contributed by atoms with Gasteiger partial charge in [-0.05, 0) is 57.0 Å². The van der Waals surface area contributed by atoms with Gasteiger partial charge in [-0.1, -0.05) is 12.5 Å². The molecule has 0 unspecified atom stereocenters. The monoisotopic (exact) mass is 338 g/mol. The molecule has 2 aromatic rings. The second-order valence-corrected chi connectivity index (χ2v) is 7.40. The summed E-state index contributed by atoms with van der Waals surface area (Å²) in [5, 5.41) is 4.08. The van der Waals surface area contributed by atoms with E-state index in [-0.39, 0.29) is 6.03 Å². The number of anilines is 1. The Hall–Kier alpha value is -2.14. The Balaban J connectivity index is 1.42. The van der Waals surface area contributed by atoms with E-state index in [1.54, 1.807) is 6.20 Å². The molecule has 2 aliphatic heterocycles. The van der Waals surface area contributed by atoms with Gasteiger partial charge in [0.15, 0.2) is 0 Å². The molecule has 0 saturated carbocycles. The van der Waals surface area contributed by atoms with Crippen LogP contribution in [0.5, 0.6) is 0 Å². The number of pyridine rings is 1. The molecule has 0 spiro atoms. The largest absolute Gasteiger partial charge is 0.321 e. The molecule has 5 heteroatoms. The number of nitrogens with one attached hydrogen (secondary N) is 1. The number of aromatic nitrogens is 1. The van der Waals surface area contributed by atoms with Crippen molar-refractivity contribution in [3.63, 3.8) is 0 Å². The van der Waals surface area contributed by atoms with Gasteiger partial charge in [0.2, 0.25) is 0 Å². The number of carbonyl (C=O) groups excluding carboxylic acids is 1. The third kappa shape index (κ3) is 3.09. The lowest BCUT2D eigenvalue weighted by molar-refractivity contribution is 0.0199. The van der Waals surface area contributed by atoms with E-state index in [1.165, 1.54) is 25.8 Å². The average Bonchev–Trinajstić information content (AvgIpc) is 2.58. The summed E-state index contributed by atoms with van der Waals surface area (Å²) in [6.07, 6.45) is 5.70. The van der Waals surface area contributed by atoms with Gasteiger partial charge in [-0.2, -0.15) is 0 Å². The van der Waals surface area contributed by atoms with Gasteiger partial charge in [0.1, 0.15) is 0 Å². The third-order valence-electron chi connectivity index (χ3n) is 5.69. The lowest BCUT2D eigenvalue weighted by atomic mass is 9.98. The first-order chi connectivity index (χ1) is 12.1. The van der Waals surface area contributed by atoms with Crippen molar-refractivity contribution >= 4 is 22.6 Å². The zero-order valence-corrected chi connectivity index (χ0v) is 15.0. The second kappa shape index (κ2) is 6.64. The van der Waals surface area contributed by atoms with Gasteiger partial charge in [-0.25, -0.2) is 4.79 Å². The molecule has 0 radical (unpaired) electrons. The number of rotatable bonds is 2. The molecule has 0 aliphatic carbocycles. The fourth-order valence-corrected chi connectivity index (χ4v) is 4.11. The van der Waals surface area contributed by atoms with E-state index in [1.807, 2.05) is 36.1 Å². The molecule has 1 aromatic carbocycles. The summed E-state index contributed by atoms with van der Waals surface area (Å²) in [7, 11) is 0. The molecule has 2 aliphatic rings. The molecule has 1 atom stereocenters. The molecular weight excluding hydrogens is 312 g/mol. The Morgan fingerprint density at radius 1 is 1.24 bits per heavy atom. The van der Waals surface area contributed by atoms with Crippen molar-refractivity contribution in [1.82, 2.24) is 14.8 Å².